The molecule has 2 aliphatic rings. The van der Waals surface area contributed by atoms with Crippen LogP contribution in [0.5, 0.6) is 0 Å². The first-order chi connectivity index (χ1) is 13.7. The van der Waals surface area contributed by atoms with E-state index in [-0.39, 0.29) is 17.4 Å². The van der Waals surface area contributed by atoms with E-state index >= 15 is 0 Å². The van der Waals surface area contributed by atoms with Gasteiger partial charge < -0.3 is 10.2 Å². The van der Waals surface area contributed by atoms with Crippen molar-refractivity contribution in [2.24, 2.45) is 5.41 Å². The van der Waals surface area contributed by atoms with E-state index in [1.54, 1.807) is 0 Å². The SMILES string of the molecule is Cc1ccc(I)c(C(=O)N2CC3(CC3)C[C@H]2CNc2ccc(C(F)(F)F)cn2)n1. The van der Waals surface area contributed by atoms with Gasteiger partial charge in [-0.2, -0.15) is 13.2 Å². The molecular formula is C20H20F3IN4O. The van der Waals surface area contributed by atoms with Crippen LogP contribution in [0.2, 0.25) is 0 Å². The number of hydrogen-bond donors (Lipinski definition) is 1. The lowest BCUT2D eigenvalue weighted by Gasteiger charge is -2.25. The fourth-order valence-electron chi connectivity index (χ4n) is 3.84. The van der Waals surface area contributed by atoms with Crippen molar-refractivity contribution in [3.63, 3.8) is 0 Å². The summed E-state index contributed by atoms with van der Waals surface area (Å²) in [7, 11) is 0. The average molecular weight is 516 g/mol. The van der Waals surface area contributed by atoms with E-state index < -0.39 is 11.7 Å². The largest absolute Gasteiger partial charge is 0.417 e. The fraction of sp³-hybridized carbons (Fsp3) is 0.450. The maximum absolute atomic E-state index is 13.2. The van der Waals surface area contributed by atoms with Gasteiger partial charge in [0.15, 0.2) is 0 Å². The number of rotatable bonds is 4. The number of aromatic nitrogens is 2. The molecule has 2 aromatic heterocycles. The van der Waals surface area contributed by atoms with Gasteiger partial charge in [-0.25, -0.2) is 9.97 Å². The summed E-state index contributed by atoms with van der Waals surface area (Å²) in [6.45, 7) is 2.99. The Morgan fingerprint density at radius 3 is 2.69 bits per heavy atom. The average Bonchev–Trinajstić information content (AvgIpc) is 3.33. The Balaban J connectivity index is 1.48. The van der Waals surface area contributed by atoms with Crippen LogP contribution in [0, 0.1) is 15.9 Å². The van der Waals surface area contributed by atoms with Crippen LogP contribution in [-0.2, 0) is 6.18 Å². The third-order valence-electron chi connectivity index (χ3n) is 5.63. The van der Waals surface area contributed by atoms with Crippen LogP contribution in [0.3, 0.4) is 0 Å². The molecule has 5 nitrogen and oxygen atoms in total. The van der Waals surface area contributed by atoms with Crippen molar-refractivity contribution in [2.45, 2.75) is 38.4 Å². The maximum Gasteiger partial charge on any atom is 0.417 e. The second-order valence-corrected chi connectivity index (χ2v) is 9.05. The second kappa shape index (κ2) is 7.41. The highest BCUT2D eigenvalue weighted by molar-refractivity contribution is 14.1. The standard InChI is InChI=1S/C20H20F3IN4O/c1-12-2-4-15(24)17(27-12)18(29)28-11-19(6-7-19)8-14(28)10-26-16-5-3-13(9-25-16)20(21,22)23/h2-5,9,14H,6-8,10-11H2,1H3,(H,25,26)/t14-/m0/s1. The molecule has 1 saturated heterocycles. The molecule has 0 bridgehead atoms. The van der Waals surface area contributed by atoms with Crippen molar-refractivity contribution in [3.05, 3.63) is 51.0 Å². The molecule has 3 heterocycles. The molecule has 0 radical (unpaired) electrons. The van der Waals surface area contributed by atoms with Gasteiger partial charge in [0.25, 0.3) is 5.91 Å². The summed E-state index contributed by atoms with van der Waals surface area (Å²) < 4.78 is 38.9. The molecule has 0 aromatic carbocycles. The minimum Gasteiger partial charge on any atom is -0.368 e. The number of aryl methyl sites for hydroxylation is 1. The van der Waals surface area contributed by atoms with Gasteiger partial charge in [-0.3, -0.25) is 4.79 Å². The molecule has 1 aliphatic carbocycles. The number of halogens is 4. The summed E-state index contributed by atoms with van der Waals surface area (Å²) in [5.41, 5.74) is 0.654. The third-order valence-corrected chi connectivity index (χ3v) is 6.50. The quantitative estimate of drug-likeness (QED) is 0.608. The molecule has 1 N–H and O–H groups in total. The van der Waals surface area contributed by atoms with E-state index in [1.165, 1.54) is 6.07 Å². The molecule has 0 unspecified atom stereocenters. The molecule has 2 fully saturated rings. The van der Waals surface area contributed by atoms with E-state index in [4.69, 9.17) is 0 Å². The predicted molar refractivity (Wildman–Crippen MR) is 111 cm³/mol. The zero-order valence-electron chi connectivity index (χ0n) is 15.8. The number of alkyl halides is 3. The minimum atomic E-state index is -4.41. The lowest BCUT2D eigenvalue weighted by molar-refractivity contribution is -0.137. The highest BCUT2D eigenvalue weighted by Gasteiger charge is 2.53. The smallest absolute Gasteiger partial charge is 0.368 e. The van der Waals surface area contributed by atoms with Crippen molar-refractivity contribution >= 4 is 34.3 Å². The first-order valence-corrected chi connectivity index (χ1v) is 10.5. The number of hydrogen-bond acceptors (Lipinski definition) is 4. The Hall–Kier alpha value is -1.91. The Bertz CT molecular complexity index is 928. The fourth-order valence-corrected chi connectivity index (χ4v) is 4.37. The van der Waals surface area contributed by atoms with Crippen molar-refractivity contribution in [2.75, 3.05) is 18.4 Å². The van der Waals surface area contributed by atoms with Gasteiger partial charge in [-0.1, -0.05) is 0 Å². The molecule has 4 rings (SSSR count). The van der Waals surface area contributed by atoms with Gasteiger partial charge in [0, 0.05) is 34.6 Å². The summed E-state index contributed by atoms with van der Waals surface area (Å²) in [6.07, 6.45) is -0.499. The van der Waals surface area contributed by atoms with E-state index in [0.29, 0.717) is 24.6 Å². The van der Waals surface area contributed by atoms with Crippen LogP contribution in [0.1, 0.15) is 41.0 Å². The lowest BCUT2D eigenvalue weighted by Crippen LogP contribution is -2.40. The third kappa shape index (κ3) is 4.34. The lowest BCUT2D eigenvalue weighted by atomic mass is 10.0. The summed E-state index contributed by atoms with van der Waals surface area (Å²) in [5, 5.41) is 3.10. The van der Waals surface area contributed by atoms with Gasteiger partial charge in [-0.15, -0.1) is 0 Å². The summed E-state index contributed by atoms with van der Waals surface area (Å²) in [6, 6.07) is 6.04. The van der Waals surface area contributed by atoms with Crippen LogP contribution in [0.25, 0.3) is 0 Å². The molecule has 154 valence electrons. The van der Waals surface area contributed by atoms with E-state index in [9.17, 15) is 18.0 Å². The van der Waals surface area contributed by atoms with Crippen LogP contribution < -0.4 is 5.32 Å². The summed E-state index contributed by atoms with van der Waals surface area (Å²) >= 11 is 2.12. The van der Waals surface area contributed by atoms with Gasteiger partial charge >= 0.3 is 6.18 Å². The maximum atomic E-state index is 13.2. The van der Waals surface area contributed by atoms with Crippen LogP contribution in [0.15, 0.2) is 30.5 Å². The minimum absolute atomic E-state index is 0.0489. The van der Waals surface area contributed by atoms with Crippen molar-refractivity contribution in [3.8, 4) is 0 Å². The van der Waals surface area contributed by atoms with E-state index in [2.05, 4.69) is 37.9 Å². The highest BCUT2D eigenvalue weighted by Crippen LogP contribution is 2.55. The van der Waals surface area contributed by atoms with Crippen LogP contribution >= 0.6 is 22.6 Å². The summed E-state index contributed by atoms with van der Waals surface area (Å²) in [4.78, 5) is 23.4. The number of carbonyl (C=O) groups is 1. The van der Waals surface area contributed by atoms with Gasteiger partial charge in [0.1, 0.15) is 11.5 Å². The Morgan fingerprint density at radius 2 is 2.07 bits per heavy atom. The van der Waals surface area contributed by atoms with E-state index in [0.717, 1.165) is 40.8 Å². The molecule has 9 heteroatoms. The van der Waals surface area contributed by atoms with Gasteiger partial charge in [0.2, 0.25) is 0 Å². The zero-order valence-corrected chi connectivity index (χ0v) is 17.9. The molecule has 1 amide bonds. The number of amides is 1. The zero-order chi connectivity index (χ0) is 20.8. The molecule has 1 atom stereocenters. The first-order valence-electron chi connectivity index (χ1n) is 9.38. The second-order valence-electron chi connectivity index (χ2n) is 7.88. The number of pyridine rings is 2. The molecule has 1 spiro atoms. The Morgan fingerprint density at radius 1 is 1.31 bits per heavy atom. The Kier molecular flexibility index (Phi) is 5.20. The van der Waals surface area contributed by atoms with Crippen LogP contribution in [0.4, 0.5) is 19.0 Å². The molecule has 1 saturated carbocycles. The number of nitrogens with zero attached hydrogens (tertiary/aromatic N) is 3. The number of anilines is 1. The number of likely N-dealkylation sites (tertiary alicyclic amines) is 1. The van der Waals surface area contributed by atoms with Crippen molar-refractivity contribution < 1.29 is 18.0 Å². The molecule has 1 aliphatic heterocycles. The van der Waals surface area contributed by atoms with Gasteiger partial charge in [0.05, 0.1) is 5.56 Å². The highest BCUT2D eigenvalue weighted by atomic mass is 127. The topological polar surface area (TPSA) is 58.1 Å². The summed E-state index contributed by atoms with van der Waals surface area (Å²) in [5.74, 6) is 0.277. The van der Waals surface area contributed by atoms with Crippen LogP contribution in [-0.4, -0.2) is 39.9 Å². The first kappa shape index (κ1) is 20.4. The van der Waals surface area contributed by atoms with E-state index in [1.807, 2.05) is 24.0 Å². The normalized spacial score (nSPS) is 20.2. The van der Waals surface area contributed by atoms with Crippen molar-refractivity contribution in [1.29, 1.82) is 0 Å². The monoisotopic (exact) mass is 516 g/mol. The Labute approximate surface area is 180 Å². The molecular weight excluding hydrogens is 496 g/mol. The number of nitrogens with one attached hydrogen (secondary N) is 1. The predicted octanol–water partition coefficient (Wildman–Crippen LogP) is 4.52. The van der Waals surface area contributed by atoms with Gasteiger partial charge in [-0.05, 0) is 78.5 Å². The molecule has 29 heavy (non-hydrogen) atoms. The van der Waals surface area contributed by atoms with Crippen molar-refractivity contribution in [1.82, 2.24) is 14.9 Å². The number of carbonyl (C=O) groups excluding carboxylic acids is 1. The molecule has 2 aromatic rings.